The van der Waals surface area contributed by atoms with E-state index in [0.29, 0.717) is 5.56 Å². The molecule has 7 nitrogen and oxygen atoms in total. The molecule has 1 aromatic heterocycles. The Morgan fingerprint density at radius 1 is 0.938 bits per heavy atom. The lowest BCUT2D eigenvalue weighted by molar-refractivity contribution is 0.195. The summed E-state index contributed by atoms with van der Waals surface area (Å²) >= 11 is 0. The van der Waals surface area contributed by atoms with Crippen molar-refractivity contribution in [2.24, 2.45) is 0 Å². The predicted molar refractivity (Wildman–Crippen MR) is 124 cm³/mol. The monoisotopic (exact) mass is 449 g/mol. The Hall–Kier alpha value is -3.83. The first-order chi connectivity index (χ1) is 15.1. The van der Waals surface area contributed by atoms with E-state index in [2.05, 4.69) is 21.5 Å². The minimum Gasteiger partial charge on any atom is -0.465 e. The summed E-state index contributed by atoms with van der Waals surface area (Å²) in [5.74, 6) is 5.97. The number of sulfonamides is 1. The molecule has 3 rings (SSSR count). The third-order valence-corrected chi connectivity index (χ3v) is 5.75. The molecule has 1 heterocycles. The second kappa shape index (κ2) is 9.12. The summed E-state index contributed by atoms with van der Waals surface area (Å²) in [4.78, 5) is 17.5. The zero-order valence-electron chi connectivity index (χ0n) is 17.9. The van der Waals surface area contributed by atoms with Crippen LogP contribution in [0.2, 0.25) is 0 Å². The number of amides is 1. The molecule has 0 aliphatic carbocycles. The summed E-state index contributed by atoms with van der Waals surface area (Å²) in [6.07, 6.45) is -1.18. The number of benzene rings is 2. The minimum absolute atomic E-state index is 0.0906. The van der Waals surface area contributed by atoms with E-state index >= 15 is 0 Å². The van der Waals surface area contributed by atoms with Gasteiger partial charge in [0, 0.05) is 11.1 Å². The topological polar surface area (TPSA) is 99.6 Å². The summed E-state index contributed by atoms with van der Waals surface area (Å²) < 4.78 is 28.2. The number of anilines is 2. The fourth-order valence-corrected chi connectivity index (χ4v) is 4.02. The molecule has 0 saturated carbocycles. The maximum atomic E-state index is 12.8. The van der Waals surface area contributed by atoms with Crippen LogP contribution in [0, 0.1) is 11.8 Å². The zero-order chi connectivity index (χ0) is 23.4. The maximum absolute atomic E-state index is 12.8. The minimum atomic E-state index is -3.88. The molecule has 164 valence electrons. The van der Waals surface area contributed by atoms with Gasteiger partial charge in [-0.05, 0) is 63.1 Å². The molecule has 2 aromatic carbocycles. The van der Waals surface area contributed by atoms with Gasteiger partial charge in [0.25, 0.3) is 10.0 Å². The summed E-state index contributed by atoms with van der Waals surface area (Å²) in [7, 11) is -3.88. The number of hydrogen-bond acceptors (Lipinski definition) is 4. The van der Waals surface area contributed by atoms with Crippen LogP contribution in [-0.2, 0) is 10.0 Å². The van der Waals surface area contributed by atoms with Crippen molar-refractivity contribution in [1.82, 2.24) is 4.98 Å². The van der Waals surface area contributed by atoms with E-state index in [1.54, 1.807) is 39.0 Å². The smallest absolute Gasteiger partial charge is 0.413 e. The van der Waals surface area contributed by atoms with Gasteiger partial charge in [0.05, 0.1) is 10.6 Å². The summed E-state index contributed by atoms with van der Waals surface area (Å²) in [6, 6.07) is 20.0. The first kappa shape index (κ1) is 22.8. The van der Waals surface area contributed by atoms with Crippen LogP contribution in [0.5, 0.6) is 0 Å². The van der Waals surface area contributed by atoms with Gasteiger partial charge in [0.1, 0.15) is 11.5 Å². The van der Waals surface area contributed by atoms with Gasteiger partial charge < -0.3 is 5.11 Å². The second-order valence-corrected chi connectivity index (χ2v) is 9.57. The van der Waals surface area contributed by atoms with Crippen LogP contribution in [0.1, 0.15) is 32.0 Å². The molecule has 32 heavy (non-hydrogen) atoms. The Labute approximate surface area is 187 Å². The van der Waals surface area contributed by atoms with Crippen LogP contribution in [-0.4, -0.2) is 30.1 Å². The van der Waals surface area contributed by atoms with Gasteiger partial charge in [-0.15, -0.1) is 0 Å². The molecule has 0 unspecified atom stereocenters. The quantitative estimate of drug-likeness (QED) is 0.569. The van der Waals surface area contributed by atoms with Crippen molar-refractivity contribution in [3.63, 3.8) is 0 Å². The molecular weight excluding hydrogens is 426 g/mol. The Morgan fingerprint density at radius 3 is 2.09 bits per heavy atom. The number of pyridine rings is 1. The van der Waals surface area contributed by atoms with E-state index in [-0.39, 0.29) is 22.1 Å². The Bertz CT molecular complexity index is 1270. The largest absolute Gasteiger partial charge is 0.465 e. The molecule has 0 bridgehead atoms. The molecule has 0 aliphatic heterocycles. The van der Waals surface area contributed by atoms with Crippen LogP contribution >= 0.6 is 0 Å². The molecule has 3 aromatic rings. The average Bonchev–Trinajstić information content (AvgIpc) is 2.73. The zero-order valence-corrected chi connectivity index (χ0v) is 18.7. The van der Waals surface area contributed by atoms with Crippen molar-refractivity contribution in [2.45, 2.75) is 31.2 Å². The van der Waals surface area contributed by atoms with Crippen molar-refractivity contribution in [3.05, 3.63) is 84.1 Å². The first-order valence-electron chi connectivity index (χ1n) is 9.77. The van der Waals surface area contributed by atoms with E-state index < -0.39 is 21.7 Å². The molecule has 2 N–H and O–H groups in total. The number of carboxylic acid groups (broad SMARTS) is 1. The number of rotatable bonds is 4. The van der Waals surface area contributed by atoms with E-state index in [1.165, 1.54) is 24.3 Å². The van der Waals surface area contributed by atoms with Crippen molar-refractivity contribution in [3.8, 4) is 11.8 Å². The normalized spacial score (nSPS) is 11.2. The fraction of sp³-hybridized carbons (Fsp3) is 0.167. The van der Waals surface area contributed by atoms with E-state index in [0.717, 1.165) is 4.90 Å². The highest BCUT2D eigenvalue weighted by Crippen LogP contribution is 2.26. The lowest BCUT2D eigenvalue weighted by atomic mass is 10.1. The summed E-state index contributed by atoms with van der Waals surface area (Å²) in [5.41, 5.74) is 0.206. The molecule has 0 spiro atoms. The van der Waals surface area contributed by atoms with E-state index in [9.17, 15) is 18.3 Å². The lowest BCUT2D eigenvalue weighted by Gasteiger charge is -2.32. The SMILES string of the molecule is CC(C)(C)N(C(=O)O)c1ccc(NS(=O)(=O)c2ccccc2)c(C#Cc2ccccc2)n1. The van der Waals surface area contributed by atoms with Gasteiger partial charge >= 0.3 is 6.09 Å². The third-order valence-electron chi connectivity index (χ3n) is 4.37. The van der Waals surface area contributed by atoms with Crippen LogP contribution in [0.4, 0.5) is 16.3 Å². The first-order valence-corrected chi connectivity index (χ1v) is 11.3. The number of aromatic nitrogens is 1. The number of nitrogens with one attached hydrogen (secondary N) is 1. The van der Waals surface area contributed by atoms with Gasteiger partial charge in [-0.25, -0.2) is 18.2 Å². The van der Waals surface area contributed by atoms with Crippen LogP contribution in [0.15, 0.2) is 77.7 Å². The molecule has 1 amide bonds. The van der Waals surface area contributed by atoms with Gasteiger partial charge in [0.15, 0.2) is 0 Å². The van der Waals surface area contributed by atoms with Crippen molar-refractivity contribution in [1.29, 1.82) is 0 Å². The van der Waals surface area contributed by atoms with E-state index in [1.807, 2.05) is 30.3 Å². The highest BCUT2D eigenvalue weighted by atomic mass is 32.2. The number of carbonyl (C=O) groups is 1. The van der Waals surface area contributed by atoms with Crippen LogP contribution in [0.25, 0.3) is 0 Å². The van der Waals surface area contributed by atoms with Gasteiger partial charge in [-0.1, -0.05) is 42.3 Å². The van der Waals surface area contributed by atoms with Gasteiger partial charge in [-0.2, -0.15) is 0 Å². The van der Waals surface area contributed by atoms with Gasteiger partial charge in [-0.3, -0.25) is 9.62 Å². The molecular formula is C24H23N3O4S. The maximum Gasteiger partial charge on any atom is 0.413 e. The van der Waals surface area contributed by atoms with Crippen molar-refractivity contribution >= 4 is 27.6 Å². The fourth-order valence-electron chi connectivity index (χ4n) is 2.94. The molecule has 0 saturated heterocycles. The van der Waals surface area contributed by atoms with Crippen molar-refractivity contribution < 1.29 is 18.3 Å². The van der Waals surface area contributed by atoms with Crippen molar-refractivity contribution in [2.75, 3.05) is 9.62 Å². The lowest BCUT2D eigenvalue weighted by Crippen LogP contribution is -2.45. The van der Waals surface area contributed by atoms with Gasteiger partial charge in [0.2, 0.25) is 0 Å². The Morgan fingerprint density at radius 2 is 1.53 bits per heavy atom. The molecule has 0 fully saturated rings. The summed E-state index contributed by atoms with van der Waals surface area (Å²) in [6.45, 7) is 5.22. The Kier molecular flexibility index (Phi) is 6.51. The summed E-state index contributed by atoms with van der Waals surface area (Å²) in [5, 5.41) is 9.70. The number of hydrogen-bond donors (Lipinski definition) is 2. The molecule has 0 radical (unpaired) electrons. The molecule has 0 atom stereocenters. The van der Waals surface area contributed by atoms with Crippen LogP contribution in [0.3, 0.4) is 0 Å². The second-order valence-electron chi connectivity index (χ2n) is 7.89. The molecule has 0 aliphatic rings. The highest BCUT2D eigenvalue weighted by molar-refractivity contribution is 7.92. The molecule has 8 heteroatoms. The van der Waals surface area contributed by atoms with E-state index in [4.69, 9.17) is 0 Å². The predicted octanol–water partition coefficient (Wildman–Crippen LogP) is 4.57. The highest BCUT2D eigenvalue weighted by Gasteiger charge is 2.29. The number of nitrogens with zero attached hydrogens (tertiary/aromatic N) is 2. The average molecular weight is 450 g/mol. The van der Waals surface area contributed by atoms with Crippen LogP contribution < -0.4 is 9.62 Å². The standard InChI is InChI=1S/C24H23N3O4S/c1-24(2,3)27(23(28)29)22-17-16-21(26-32(30,31)19-12-8-5-9-13-19)20(25-22)15-14-18-10-6-4-7-11-18/h4-13,16-17,26H,1-3H3,(H,28,29). The Balaban J connectivity index is 2.10. The third kappa shape index (κ3) is 5.45.